The lowest BCUT2D eigenvalue weighted by atomic mass is 10.2. The number of nitrogens with one attached hydrogen (secondary N) is 1. The molecule has 4 nitrogen and oxygen atoms in total. The van der Waals surface area contributed by atoms with Gasteiger partial charge in [-0.1, -0.05) is 0 Å². The van der Waals surface area contributed by atoms with Gasteiger partial charge in [-0.15, -0.1) is 0 Å². The van der Waals surface area contributed by atoms with E-state index in [1.807, 2.05) is 4.98 Å². The summed E-state index contributed by atoms with van der Waals surface area (Å²) in [5.74, 6) is -1.81. The maximum absolute atomic E-state index is 13.3. The summed E-state index contributed by atoms with van der Waals surface area (Å²) in [4.78, 5) is 24.1. The first-order chi connectivity index (χ1) is 7.95. The lowest BCUT2D eigenvalue weighted by Crippen LogP contribution is -2.19. The molecule has 0 atom stereocenters. The maximum atomic E-state index is 13.3. The average Bonchev–Trinajstić information content (AvgIpc) is 2.22. The zero-order valence-corrected chi connectivity index (χ0v) is 8.93. The van der Waals surface area contributed by atoms with Crippen LogP contribution >= 0.6 is 0 Å². The summed E-state index contributed by atoms with van der Waals surface area (Å²) in [6.45, 7) is 1.68. The minimum Gasteiger partial charge on any atom is -0.466 e. The van der Waals surface area contributed by atoms with Gasteiger partial charge in [0.15, 0.2) is 0 Å². The standard InChI is InChI=1S/C10H10F3NO3/c1-2-17-8(15)4-7-6(11)3-5(9(12)13)10(16)14-7/h3,9H,2,4H2,1H3,(H,14,16). The van der Waals surface area contributed by atoms with E-state index < -0.39 is 35.8 Å². The molecule has 1 aromatic rings. The van der Waals surface area contributed by atoms with Gasteiger partial charge in [-0.25, -0.2) is 13.2 Å². The number of hydrogen-bond donors (Lipinski definition) is 1. The van der Waals surface area contributed by atoms with E-state index in [0.29, 0.717) is 6.07 Å². The number of esters is 1. The van der Waals surface area contributed by atoms with Gasteiger partial charge in [0.1, 0.15) is 5.82 Å². The quantitative estimate of drug-likeness (QED) is 0.824. The molecule has 0 saturated heterocycles. The number of H-pyrrole nitrogens is 1. The van der Waals surface area contributed by atoms with Crippen LogP contribution in [0.5, 0.6) is 0 Å². The second-order valence-electron chi connectivity index (χ2n) is 3.16. The molecule has 1 rings (SSSR count). The zero-order chi connectivity index (χ0) is 13.0. The molecular weight excluding hydrogens is 239 g/mol. The van der Waals surface area contributed by atoms with Crippen molar-refractivity contribution in [1.29, 1.82) is 0 Å². The predicted octanol–water partition coefficient (Wildman–Crippen LogP) is 1.56. The molecule has 0 aliphatic rings. The third-order valence-corrected chi connectivity index (χ3v) is 1.96. The highest BCUT2D eigenvalue weighted by Gasteiger charge is 2.17. The molecule has 0 aliphatic carbocycles. The van der Waals surface area contributed by atoms with Gasteiger partial charge in [0.05, 0.1) is 24.3 Å². The molecule has 94 valence electrons. The lowest BCUT2D eigenvalue weighted by molar-refractivity contribution is -0.142. The lowest BCUT2D eigenvalue weighted by Gasteiger charge is -2.05. The van der Waals surface area contributed by atoms with Crippen molar-refractivity contribution < 1.29 is 22.7 Å². The topological polar surface area (TPSA) is 59.2 Å². The smallest absolute Gasteiger partial charge is 0.311 e. The van der Waals surface area contributed by atoms with Gasteiger partial charge in [-0.05, 0) is 13.0 Å². The number of hydrogen-bond acceptors (Lipinski definition) is 3. The van der Waals surface area contributed by atoms with Gasteiger partial charge in [0.25, 0.3) is 12.0 Å². The van der Waals surface area contributed by atoms with Gasteiger partial charge in [-0.2, -0.15) is 0 Å². The van der Waals surface area contributed by atoms with Crippen molar-refractivity contribution in [3.63, 3.8) is 0 Å². The molecular formula is C10H10F3NO3. The molecule has 0 aromatic carbocycles. The van der Waals surface area contributed by atoms with Crippen LogP contribution in [0.2, 0.25) is 0 Å². The highest BCUT2D eigenvalue weighted by Crippen LogP contribution is 2.16. The van der Waals surface area contributed by atoms with Crippen LogP contribution in [0.25, 0.3) is 0 Å². The first-order valence-corrected chi connectivity index (χ1v) is 4.81. The second-order valence-corrected chi connectivity index (χ2v) is 3.16. The molecule has 1 N–H and O–H groups in total. The van der Waals surface area contributed by atoms with Crippen molar-refractivity contribution in [3.8, 4) is 0 Å². The van der Waals surface area contributed by atoms with Gasteiger partial charge in [0, 0.05) is 0 Å². The Balaban J connectivity index is 3.00. The molecule has 0 fully saturated rings. The van der Waals surface area contributed by atoms with E-state index in [4.69, 9.17) is 0 Å². The fraction of sp³-hybridized carbons (Fsp3) is 0.400. The highest BCUT2D eigenvalue weighted by atomic mass is 19.3. The SMILES string of the molecule is CCOC(=O)Cc1[nH]c(=O)c(C(F)F)cc1F. The van der Waals surface area contributed by atoms with E-state index in [-0.39, 0.29) is 12.3 Å². The zero-order valence-electron chi connectivity index (χ0n) is 8.93. The van der Waals surface area contributed by atoms with Crippen molar-refractivity contribution in [2.75, 3.05) is 6.61 Å². The molecule has 17 heavy (non-hydrogen) atoms. The third kappa shape index (κ3) is 3.33. The van der Waals surface area contributed by atoms with Gasteiger partial charge >= 0.3 is 5.97 Å². The molecule has 1 aromatic heterocycles. The van der Waals surface area contributed by atoms with Crippen LogP contribution in [0.4, 0.5) is 13.2 Å². The van der Waals surface area contributed by atoms with E-state index in [1.54, 1.807) is 6.92 Å². The van der Waals surface area contributed by atoms with Crippen LogP contribution in [0.15, 0.2) is 10.9 Å². The Bertz CT molecular complexity index is 470. The van der Waals surface area contributed by atoms with Crippen molar-refractivity contribution in [2.45, 2.75) is 19.8 Å². The third-order valence-electron chi connectivity index (χ3n) is 1.96. The van der Waals surface area contributed by atoms with Crippen LogP contribution in [0.3, 0.4) is 0 Å². The van der Waals surface area contributed by atoms with E-state index in [1.165, 1.54) is 0 Å². The van der Waals surface area contributed by atoms with Crippen LogP contribution < -0.4 is 5.56 Å². The highest BCUT2D eigenvalue weighted by molar-refractivity contribution is 5.72. The number of ether oxygens (including phenoxy) is 1. The number of carbonyl (C=O) groups excluding carboxylic acids is 1. The number of rotatable bonds is 4. The van der Waals surface area contributed by atoms with E-state index >= 15 is 0 Å². The number of aromatic amines is 1. The first-order valence-electron chi connectivity index (χ1n) is 4.81. The van der Waals surface area contributed by atoms with Crippen LogP contribution in [0.1, 0.15) is 24.6 Å². The summed E-state index contributed by atoms with van der Waals surface area (Å²) in [6.07, 6.45) is -3.57. The fourth-order valence-corrected chi connectivity index (χ4v) is 1.21. The summed E-state index contributed by atoms with van der Waals surface area (Å²) < 4.78 is 42.3. The summed E-state index contributed by atoms with van der Waals surface area (Å²) in [6, 6.07) is 0.429. The number of carbonyl (C=O) groups is 1. The Labute approximate surface area is 94.4 Å². The molecule has 0 amide bonds. The molecule has 0 spiro atoms. The van der Waals surface area contributed by atoms with Crippen molar-refractivity contribution in [3.05, 3.63) is 33.5 Å². The summed E-state index contributed by atoms with van der Waals surface area (Å²) in [7, 11) is 0. The molecule has 1 heterocycles. The molecule has 0 bridgehead atoms. The number of pyridine rings is 1. The minimum absolute atomic E-state index is 0.111. The van der Waals surface area contributed by atoms with Crippen molar-refractivity contribution in [2.24, 2.45) is 0 Å². The molecule has 0 unspecified atom stereocenters. The van der Waals surface area contributed by atoms with Gasteiger partial charge in [-0.3, -0.25) is 9.59 Å². The molecule has 7 heteroatoms. The summed E-state index contributed by atoms with van der Waals surface area (Å²) >= 11 is 0. The second kappa shape index (κ2) is 5.51. The number of aromatic nitrogens is 1. The Kier molecular flexibility index (Phi) is 4.30. The summed E-state index contributed by atoms with van der Waals surface area (Å²) in [5, 5.41) is 0. The Morgan fingerprint density at radius 1 is 1.53 bits per heavy atom. The van der Waals surface area contributed by atoms with E-state index in [9.17, 15) is 22.8 Å². The number of halogens is 3. The summed E-state index contributed by atoms with van der Waals surface area (Å²) in [5.41, 5.74) is -2.44. The largest absolute Gasteiger partial charge is 0.466 e. The van der Waals surface area contributed by atoms with E-state index in [2.05, 4.69) is 4.74 Å². The Morgan fingerprint density at radius 3 is 2.71 bits per heavy atom. The van der Waals surface area contributed by atoms with Crippen molar-refractivity contribution >= 4 is 5.97 Å². The van der Waals surface area contributed by atoms with Crippen LogP contribution in [-0.2, 0) is 16.0 Å². The average molecular weight is 249 g/mol. The monoisotopic (exact) mass is 249 g/mol. The normalized spacial score (nSPS) is 10.6. The molecule has 0 radical (unpaired) electrons. The number of alkyl halides is 2. The van der Waals surface area contributed by atoms with Crippen molar-refractivity contribution in [1.82, 2.24) is 4.98 Å². The first kappa shape index (κ1) is 13.3. The van der Waals surface area contributed by atoms with Gasteiger partial charge in [0.2, 0.25) is 0 Å². The molecule has 0 saturated carbocycles. The van der Waals surface area contributed by atoms with Gasteiger partial charge < -0.3 is 9.72 Å². The minimum atomic E-state index is -3.06. The molecule has 0 aliphatic heterocycles. The maximum Gasteiger partial charge on any atom is 0.311 e. The van der Waals surface area contributed by atoms with Crippen LogP contribution in [-0.4, -0.2) is 17.6 Å². The Hall–Kier alpha value is -1.79. The fourth-order valence-electron chi connectivity index (χ4n) is 1.21. The van der Waals surface area contributed by atoms with E-state index in [0.717, 1.165) is 0 Å². The predicted molar refractivity (Wildman–Crippen MR) is 52.3 cm³/mol. The van der Waals surface area contributed by atoms with Crippen LogP contribution in [0, 0.1) is 5.82 Å². The Morgan fingerprint density at radius 2 is 2.18 bits per heavy atom.